The first-order chi connectivity index (χ1) is 19.8. The molecule has 2 unspecified atom stereocenters. The maximum atomic E-state index is 15.9. The van der Waals surface area contributed by atoms with Crippen molar-refractivity contribution in [3.05, 3.63) is 95.4 Å². The van der Waals surface area contributed by atoms with Crippen LogP contribution in [0.5, 0.6) is 23.1 Å². The number of ether oxygens (including phenoxy) is 3. The average molecular weight is 557 g/mol. The number of methoxy groups -OCH3 is 1. The molecule has 1 aromatic carbocycles. The Morgan fingerprint density at radius 1 is 1.27 bits per heavy atom. The Morgan fingerprint density at radius 3 is 2.93 bits per heavy atom. The van der Waals surface area contributed by atoms with E-state index in [1.165, 1.54) is 24.8 Å². The summed E-state index contributed by atoms with van der Waals surface area (Å²) in [6.45, 7) is 10.00. The molecule has 5 rings (SSSR count). The summed E-state index contributed by atoms with van der Waals surface area (Å²) in [5.41, 5.74) is 1.44. The Morgan fingerprint density at radius 2 is 2.12 bits per heavy atom. The predicted octanol–water partition coefficient (Wildman–Crippen LogP) is 5.13. The highest BCUT2D eigenvalue weighted by molar-refractivity contribution is 5.56. The van der Waals surface area contributed by atoms with Gasteiger partial charge in [0, 0.05) is 30.8 Å². The molecule has 3 aromatic rings. The second-order valence-corrected chi connectivity index (χ2v) is 10.3. The first kappa shape index (κ1) is 28.0. The van der Waals surface area contributed by atoms with E-state index in [-0.39, 0.29) is 11.8 Å². The number of H-pyrrole nitrogens is 1. The summed E-state index contributed by atoms with van der Waals surface area (Å²) in [5.74, 6) is 2.53. The number of aromatic nitrogens is 3. The summed E-state index contributed by atoms with van der Waals surface area (Å²) in [6.07, 6.45) is 12.7. The Kier molecular flexibility index (Phi) is 8.14. The van der Waals surface area contributed by atoms with E-state index in [4.69, 9.17) is 14.2 Å². The van der Waals surface area contributed by atoms with E-state index in [1.807, 2.05) is 25.3 Å². The summed E-state index contributed by atoms with van der Waals surface area (Å²) in [4.78, 5) is 16.5. The molecule has 0 fully saturated rings. The third-order valence-corrected chi connectivity index (χ3v) is 7.25. The summed E-state index contributed by atoms with van der Waals surface area (Å²) in [5, 5.41) is 4.51. The fraction of sp³-hybridized carbons (Fsp3) is 0.312. The number of pyridine rings is 1. The first-order valence-corrected chi connectivity index (χ1v) is 13.7. The van der Waals surface area contributed by atoms with Gasteiger partial charge < -0.3 is 19.5 Å². The van der Waals surface area contributed by atoms with Crippen LogP contribution in [0, 0.1) is 5.92 Å². The van der Waals surface area contributed by atoms with E-state index < -0.39 is 5.67 Å². The van der Waals surface area contributed by atoms with E-state index in [9.17, 15) is 0 Å². The van der Waals surface area contributed by atoms with Crippen LogP contribution in [0.25, 0.3) is 5.57 Å². The van der Waals surface area contributed by atoms with Crippen LogP contribution in [0.4, 0.5) is 10.2 Å². The van der Waals surface area contributed by atoms with Gasteiger partial charge in [-0.3, -0.25) is 0 Å². The van der Waals surface area contributed by atoms with Crippen LogP contribution in [0.15, 0.2) is 78.5 Å². The highest BCUT2D eigenvalue weighted by Crippen LogP contribution is 2.44. The third-order valence-electron chi connectivity index (χ3n) is 7.25. The van der Waals surface area contributed by atoms with Crippen molar-refractivity contribution in [2.24, 2.45) is 10.9 Å². The molecule has 2 aliphatic heterocycles. The molecule has 212 valence electrons. The van der Waals surface area contributed by atoms with Crippen molar-refractivity contribution in [1.82, 2.24) is 9.97 Å². The molecular formula is C32H35FN5O3+. The molecule has 0 spiro atoms. The predicted molar refractivity (Wildman–Crippen MR) is 155 cm³/mol. The van der Waals surface area contributed by atoms with Gasteiger partial charge in [0.2, 0.25) is 29.3 Å². The number of fused-ring (bicyclic) bond motifs is 4. The Balaban J connectivity index is 1.50. The normalized spacial score (nSPS) is 18.6. The van der Waals surface area contributed by atoms with Gasteiger partial charge in [-0.2, -0.15) is 0 Å². The van der Waals surface area contributed by atoms with Gasteiger partial charge >= 0.3 is 0 Å². The molecule has 2 atom stereocenters. The van der Waals surface area contributed by atoms with Crippen molar-refractivity contribution in [2.75, 3.05) is 19.0 Å². The maximum absolute atomic E-state index is 15.9. The van der Waals surface area contributed by atoms with Crippen LogP contribution in [0.2, 0.25) is 0 Å². The largest absolute Gasteiger partial charge is 0.493 e. The summed E-state index contributed by atoms with van der Waals surface area (Å²) in [6, 6.07) is 7.02. The number of nitrogens with zero attached hydrogens (tertiary/aromatic N) is 3. The number of allylic oxidation sites excluding steroid dienone is 3. The molecule has 0 amide bonds. The second kappa shape index (κ2) is 11.9. The molecule has 0 aliphatic carbocycles. The number of hydrogen-bond donors (Lipinski definition) is 1. The number of benzene rings is 1. The standard InChI is InChI=1S/C32H34FN5O3/c1-6-20(2)26-18-32(4,33)23-11-14-34-27(17-23)41-29-24(39-5)15-22(16-25(29)40-26)10-13-36-31-28-21(3)9-7-8-12-35-30(28)37-19-38-31/h6,8,11-12,14-20H,1,7,9-10,13H2,2-5H3,(H,35,36,37,38)/p+1. The van der Waals surface area contributed by atoms with Crippen LogP contribution in [-0.4, -0.2) is 23.6 Å². The minimum absolute atomic E-state index is 0.245. The minimum Gasteiger partial charge on any atom is -0.493 e. The number of anilines is 1. The Labute approximate surface area is 239 Å². The van der Waals surface area contributed by atoms with Crippen molar-refractivity contribution in [3.63, 3.8) is 0 Å². The van der Waals surface area contributed by atoms with Crippen molar-refractivity contribution in [1.29, 1.82) is 0 Å². The fourth-order valence-electron chi connectivity index (χ4n) is 4.83. The lowest BCUT2D eigenvalue weighted by Gasteiger charge is -2.25. The van der Waals surface area contributed by atoms with E-state index in [0.29, 0.717) is 47.0 Å². The van der Waals surface area contributed by atoms with Gasteiger partial charge in [0.25, 0.3) is 0 Å². The lowest BCUT2D eigenvalue weighted by atomic mass is 9.95. The molecule has 2 N–H and O–H groups in total. The number of alkyl halides is 1. The monoisotopic (exact) mass is 556 g/mol. The van der Waals surface area contributed by atoms with E-state index >= 15 is 4.39 Å². The van der Waals surface area contributed by atoms with Gasteiger partial charge in [0.15, 0.2) is 17.2 Å². The second-order valence-electron chi connectivity index (χ2n) is 10.3. The number of nitrogens with one attached hydrogen (secondary N) is 2. The van der Waals surface area contributed by atoms with Crippen molar-refractivity contribution in [3.8, 4) is 23.1 Å². The highest BCUT2D eigenvalue weighted by Gasteiger charge is 2.29. The van der Waals surface area contributed by atoms with Gasteiger partial charge in [-0.05, 0) is 62.1 Å². The van der Waals surface area contributed by atoms with Gasteiger partial charge in [0.1, 0.15) is 11.0 Å². The van der Waals surface area contributed by atoms with Crippen LogP contribution in [0.3, 0.4) is 0 Å². The molecule has 2 aromatic heterocycles. The SMILES string of the molecule is C=CC(C)C1=CC(C)(F)c2ccnc(c2)Oc2c(OC)cc(CCNc3[nH+]cnc4c3=C(C)CCC=CN=4)cc2O1. The maximum Gasteiger partial charge on any atom is 0.242 e. The molecule has 0 radical (unpaired) electrons. The topological polar surface area (TPSA) is 92.0 Å². The number of aromatic amines is 1. The molecular weight excluding hydrogens is 521 g/mol. The quantitative estimate of drug-likeness (QED) is 0.406. The molecule has 2 aliphatic rings. The van der Waals surface area contributed by atoms with E-state index in [2.05, 4.69) is 44.8 Å². The average Bonchev–Trinajstić information content (AvgIpc) is 2.95. The molecule has 0 saturated heterocycles. The highest BCUT2D eigenvalue weighted by atomic mass is 19.1. The van der Waals surface area contributed by atoms with Crippen LogP contribution < -0.4 is 35.2 Å². The smallest absolute Gasteiger partial charge is 0.242 e. The zero-order valence-electron chi connectivity index (χ0n) is 23.8. The number of rotatable bonds is 7. The van der Waals surface area contributed by atoms with Crippen LogP contribution in [-0.2, 0) is 12.1 Å². The molecule has 41 heavy (non-hydrogen) atoms. The van der Waals surface area contributed by atoms with Crippen LogP contribution >= 0.6 is 0 Å². The Hall–Kier alpha value is -4.53. The molecule has 0 saturated carbocycles. The zero-order valence-corrected chi connectivity index (χ0v) is 23.8. The third kappa shape index (κ3) is 6.14. The van der Waals surface area contributed by atoms with E-state index in [0.717, 1.165) is 29.4 Å². The first-order valence-electron chi connectivity index (χ1n) is 13.7. The molecule has 9 heteroatoms. The van der Waals surface area contributed by atoms with Crippen molar-refractivity contribution in [2.45, 2.75) is 45.7 Å². The van der Waals surface area contributed by atoms with Gasteiger partial charge in [-0.25, -0.2) is 19.4 Å². The van der Waals surface area contributed by atoms with Crippen LogP contribution in [0.1, 0.15) is 44.7 Å². The van der Waals surface area contributed by atoms with E-state index in [1.54, 1.807) is 31.6 Å². The van der Waals surface area contributed by atoms with Gasteiger partial charge in [0.05, 0.1) is 13.7 Å². The number of hydrogen-bond acceptors (Lipinski definition) is 7. The summed E-state index contributed by atoms with van der Waals surface area (Å²) >= 11 is 0. The zero-order chi connectivity index (χ0) is 29.0. The lowest BCUT2D eigenvalue weighted by molar-refractivity contribution is -0.367. The Bertz CT molecular complexity index is 1650. The fourth-order valence-corrected chi connectivity index (χ4v) is 4.83. The minimum atomic E-state index is -1.81. The molecule has 4 heterocycles. The van der Waals surface area contributed by atoms with Crippen molar-refractivity contribution < 1.29 is 23.6 Å². The molecule has 8 nitrogen and oxygen atoms in total. The summed E-state index contributed by atoms with van der Waals surface area (Å²) in [7, 11) is 1.58. The number of halogens is 1. The summed E-state index contributed by atoms with van der Waals surface area (Å²) < 4.78 is 34.1. The molecule has 2 bridgehead atoms. The van der Waals surface area contributed by atoms with Crippen molar-refractivity contribution >= 4 is 11.4 Å². The van der Waals surface area contributed by atoms with Gasteiger partial charge in [-0.15, -0.1) is 6.58 Å². The lowest BCUT2D eigenvalue weighted by Crippen LogP contribution is -2.39. The van der Waals surface area contributed by atoms with Gasteiger partial charge in [-0.1, -0.05) is 29.6 Å².